The van der Waals surface area contributed by atoms with Gasteiger partial charge < -0.3 is 15.0 Å². The van der Waals surface area contributed by atoms with Gasteiger partial charge in [-0.25, -0.2) is 13.2 Å². The zero-order valence-electron chi connectivity index (χ0n) is 16.8. The van der Waals surface area contributed by atoms with E-state index in [2.05, 4.69) is 10.3 Å². The summed E-state index contributed by atoms with van der Waals surface area (Å²) in [6.45, 7) is 0.604. The summed E-state index contributed by atoms with van der Waals surface area (Å²) in [5, 5.41) is 3.47. The molecule has 0 spiro atoms. The van der Waals surface area contributed by atoms with Crippen molar-refractivity contribution in [2.75, 3.05) is 25.0 Å². The van der Waals surface area contributed by atoms with E-state index in [0.29, 0.717) is 18.8 Å². The summed E-state index contributed by atoms with van der Waals surface area (Å²) in [6, 6.07) is 15.1. The van der Waals surface area contributed by atoms with Crippen LogP contribution in [0.2, 0.25) is 0 Å². The summed E-state index contributed by atoms with van der Waals surface area (Å²) in [5.41, 5.74) is 1.49. The minimum Gasteiger partial charge on any atom is -0.451 e. The van der Waals surface area contributed by atoms with E-state index in [1.54, 1.807) is 6.07 Å². The Bertz CT molecular complexity index is 1160. The number of aromatic amines is 1. The predicted octanol–water partition coefficient (Wildman–Crippen LogP) is 3.14. The molecular formula is C22H23N3O5S. The van der Waals surface area contributed by atoms with Crippen molar-refractivity contribution in [2.24, 2.45) is 0 Å². The van der Waals surface area contributed by atoms with Crippen molar-refractivity contribution in [3.05, 3.63) is 60.3 Å². The summed E-state index contributed by atoms with van der Waals surface area (Å²) in [4.78, 5) is 27.4. The van der Waals surface area contributed by atoms with Crippen LogP contribution < -0.4 is 5.32 Å². The summed E-state index contributed by atoms with van der Waals surface area (Å²) >= 11 is 0. The molecule has 1 saturated heterocycles. The Labute approximate surface area is 180 Å². The largest absolute Gasteiger partial charge is 0.451 e. The lowest BCUT2D eigenvalue weighted by Crippen LogP contribution is -2.35. The van der Waals surface area contributed by atoms with E-state index >= 15 is 0 Å². The number of aromatic nitrogens is 1. The van der Waals surface area contributed by atoms with Crippen LogP contribution in [0.3, 0.4) is 0 Å². The molecule has 9 heteroatoms. The number of para-hydroxylation sites is 1. The summed E-state index contributed by atoms with van der Waals surface area (Å²) in [7, 11) is -3.52. The summed E-state index contributed by atoms with van der Waals surface area (Å²) < 4.78 is 31.9. The molecule has 0 bridgehead atoms. The van der Waals surface area contributed by atoms with Crippen LogP contribution in [0, 0.1) is 0 Å². The average molecular weight is 442 g/mol. The molecular weight excluding hydrogens is 418 g/mol. The molecule has 0 atom stereocenters. The first-order valence-electron chi connectivity index (χ1n) is 10.1. The normalized spacial score (nSPS) is 15.0. The van der Waals surface area contributed by atoms with E-state index < -0.39 is 28.5 Å². The fourth-order valence-electron chi connectivity index (χ4n) is 3.55. The number of rotatable bonds is 6. The Hall–Kier alpha value is -3.17. The fourth-order valence-corrected chi connectivity index (χ4v) is 5.07. The summed E-state index contributed by atoms with van der Waals surface area (Å²) in [5.74, 6) is -1.15. The van der Waals surface area contributed by atoms with E-state index in [0.717, 1.165) is 30.2 Å². The molecule has 1 amide bonds. The third kappa shape index (κ3) is 4.78. The number of carbonyl (C=O) groups excluding carboxylic acids is 2. The first-order valence-corrected chi connectivity index (χ1v) is 11.5. The lowest BCUT2D eigenvalue weighted by Gasteiger charge is -2.25. The van der Waals surface area contributed by atoms with Gasteiger partial charge in [0.2, 0.25) is 10.0 Å². The molecule has 4 rings (SSSR count). The molecule has 1 aliphatic heterocycles. The Morgan fingerprint density at radius 2 is 1.71 bits per heavy atom. The molecule has 2 aromatic carbocycles. The molecule has 0 saturated carbocycles. The van der Waals surface area contributed by atoms with Crippen LogP contribution in [-0.2, 0) is 19.6 Å². The summed E-state index contributed by atoms with van der Waals surface area (Å²) in [6.07, 6.45) is 2.77. The number of sulfonamides is 1. The van der Waals surface area contributed by atoms with Crippen molar-refractivity contribution >= 4 is 38.5 Å². The second kappa shape index (κ2) is 8.91. The first kappa shape index (κ1) is 21.1. The van der Waals surface area contributed by atoms with Gasteiger partial charge in [0, 0.05) is 29.7 Å². The molecule has 3 aromatic rings. The van der Waals surface area contributed by atoms with Crippen LogP contribution in [0.4, 0.5) is 5.69 Å². The highest BCUT2D eigenvalue weighted by molar-refractivity contribution is 7.89. The highest BCUT2D eigenvalue weighted by atomic mass is 32.2. The second-order valence-corrected chi connectivity index (χ2v) is 9.32. The van der Waals surface area contributed by atoms with Crippen LogP contribution in [0.15, 0.2) is 59.5 Å². The lowest BCUT2D eigenvalue weighted by atomic mass is 10.2. The van der Waals surface area contributed by atoms with Crippen LogP contribution in [0.1, 0.15) is 29.8 Å². The topological polar surface area (TPSA) is 109 Å². The van der Waals surface area contributed by atoms with E-state index in [1.807, 2.05) is 24.3 Å². The molecule has 1 aliphatic rings. The van der Waals surface area contributed by atoms with Gasteiger partial charge in [-0.05, 0) is 49.2 Å². The minimum absolute atomic E-state index is 0.192. The number of anilines is 1. The third-order valence-corrected chi connectivity index (χ3v) is 7.09. The number of nitrogens with zero attached hydrogens (tertiary/aromatic N) is 1. The molecule has 8 nitrogen and oxygen atoms in total. The SMILES string of the molecule is O=C(COC(=O)c1cc2ccccc2[nH]1)Nc1ccc(S(=O)(=O)N2CCCCC2)cc1. The van der Waals surface area contributed by atoms with Gasteiger partial charge >= 0.3 is 5.97 Å². The van der Waals surface area contributed by atoms with Gasteiger partial charge in [-0.1, -0.05) is 24.6 Å². The van der Waals surface area contributed by atoms with Crippen molar-refractivity contribution in [2.45, 2.75) is 24.2 Å². The Morgan fingerprint density at radius 3 is 2.42 bits per heavy atom. The Balaban J connectivity index is 1.32. The van der Waals surface area contributed by atoms with Gasteiger partial charge in [0.05, 0.1) is 4.90 Å². The van der Waals surface area contributed by atoms with Gasteiger partial charge in [0.1, 0.15) is 5.69 Å². The quantitative estimate of drug-likeness (QED) is 0.571. The van der Waals surface area contributed by atoms with Gasteiger partial charge in [-0.15, -0.1) is 0 Å². The van der Waals surface area contributed by atoms with E-state index in [1.165, 1.54) is 28.6 Å². The van der Waals surface area contributed by atoms with Crippen molar-refractivity contribution in [1.82, 2.24) is 9.29 Å². The van der Waals surface area contributed by atoms with Gasteiger partial charge in [-0.3, -0.25) is 4.79 Å². The van der Waals surface area contributed by atoms with Crippen LogP contribution in [-0.4, -0.2) is 49.3 Å². The highest BCUT2D eigenvalue weighted by Crippen LogP contribution is 2.22. The van der Waals surface area contributed by atoms with Crippen molar-refractivity contribution in [1.29, 1.82) is 0 Å². The molecule has 162 valence electrons. The number of esters is 1. The number of hydrogen-bond donors (Lipinski definition) is 2. The second-order valence-electron chi connectivity index (χ2n) is 7.38. The number of benzene rings is 2. The number of nitrogens with one attached hydrogen (secondary N) is 2. The zero-order chi connectivity index (χ0) is 21.8. The molecule has 1 aromatic heterocycles. The smallest absolute Gasteiger partial charge is 0.355 e. The Kier molecular flexibility index (Phi) is 6.06. The number of H-pyrrole nitrogens is 1. The van der Waals surface area contributed by atoms with Gasteiger partial charge in [0.25, 0.3) is 5.91 Å². The number of piperidine rings is 1. The van der Waals surface area contributed by atoms with Crippen LogP contribution in [0.25, 0.3) is 10.9 Å². The molecule has 0 radical (unpaired) electrons. The number of ether oxygens (including phenoxy) is 1. The van der Waals surface area contributed by atoms with Crippen molar-refractivity contribution < 1.29 is 22.7 Å². The first-order chi connectivity index (χ1) is 14.9. The van der Waals surface area contributed by atoms with Gasteiger partial charge in [0.15, 0.2) is 6.61 Å². The number of fused-ring (bicyclic) bond motifs is 1. The molecule has 2 heterocycles. The van der Waals surface area contributed by atoms with Crippen molar-refractivity contribution in [3.63, 3.8) is 0 Å². The van der Waals surface area contributed by atoms with Crippen molar-refractivity contribution in [3.8, 4) is 0 Å². The fraction of sp³-hybridized carbons (Fsp3) is 0.273. The van der Waals surface area contributed by atoms with E-state index in [9.17, 15) is 18.0 Å². The number of carbonyl (C=O) groups is 2. The highest BCUT2D eigenvalue weighted by Gasteiger charge is 2.25. The Morgan fingerprint density at radius 1 is 1.00 bits per heavy atom. The van der Waals surface area contributed by atoms with Gasteiger partial charge in [-0.2, -0.15) is 4.31 Å². The standard InChI is InChI=1S/C22H23N3O5S/c26-21(15-30-22(27)20-14-16-6-2-3-7-19(16)24-20)23-17-8-10-18(11-9-17)31(28,29)25-12-4-1-5-13-25/h2-3,6-11,14,24H,1,4-5,12-13,15H2,(H,23,26). The maximum Gasteiger partial charge on any atom is 0.355 e. The number of hydrogen-bond acceptors (Lipinski definition) is 5. The minimum atomic E-state index is -3.52. The number of amides is 1. The molecule has 2 N–H and O–H groups in total. The molecule has 1 fully saturated rings. The maximum atomic E-state index is 12.7. The van der Waals surface area contributed by atoms with Crippen LogP contribution in [0.5, 0.6) is 0 Å². The third-order valence-electron chi connectivity index (χ3n) is 5.18. The molecule has 0 unspecified atom stereocenters. The lowest BCUT2D eigenvalue weighted by molar-refractivity contribution is -0.119. The zero-order valence-corrected chi connectivity index (χ0v) is 17.7. The van der Waals surface area contributed by atoms with E-state index in [-0.39, 0.29) is 10.6 Å². The van der Waals surface area contributed by atoms with Crippen LogP contribution >= 0.6 is 0 Å². The monoisotopic (exact) mass is 441 g/mol. The molecule has 0 aliphatic carbocycles. The van der Waals surface area contributed by atoms with E-state index in [4.69, 9.17) is 4.74 Å². The average Bonchev–Trinajstić information content (AvgIpc) is 3.23. The maximum absolute atomic E-state index is 12.7. The predicted molar refractivity (Wildman–Crippen MR) is 116 cm³/mol. The molecule has 31 heavy (non-hydrogen) atoms.